The first-order chi connectivity index (χ1) is 12.8. The van der Waals surface area contributed by atoms with E-state index in [9.17, 15) is 4.79 Å². The monoisotopic (exact) mass is 352 g/mol. The number of aryl methyl sites for hydroxylation is 1. The van der Waals surface area contributed by atoms with Crippen molar-refractivity contribution in [2.24, 2.45) is 0 Å². The molecular weight excluding hydrogens is 332 g/mol. The Morgan fingerprint density at radius 2 is 2.31 bits per heavy atom. The Hall–Kier alpha value is -3.09. The van der Waals surface area contributed by atoms with Gasteiger partial charge in [0.2, 0.25) is 0 Å². The molecule has 0 saturated heterocycles. The minimum Gasteiger partial charge on any atom is -0.493 e. The summed E-state index contributed by atoms with van der Waals surface area (Å²) in [6.07, 6.45) is 7.20. The van der Waals surface area contributed by atoms with Crippen molar-refractivity contribution < 1.29 is 14.3 Å². The molecular formula is C19H20N4O3. The van der Waals surface area contributed by atoms with E-state index in [1.807, 2.05) is 10.6 Å². The van der Waals surface area contributed by atoms with Crippen molar-refractivity contribution >= 4 is 5.97 Å². The van der Waals surface area contributed by atoms with Crippen LogP contribution in [0, 0.1) is 0 Å². The van der Waals surface area contributed by atoms with Gasteiger partial charge in [0.15, 0.2) is 5.69 Å². The van der Waals surface area contributed by atoms with Gasteiger partial charge in [-0.3, -0.25) is 5.10 Å². The van der Waals surface area contributed by atoms with Crippen LogP contribution < -0.4 is 4.74 Å². The average Bonchev–Trinajstić information content (AvgIpc) is 3.30. The zero-order valence-electron chi connectivity index (χ0n) is 14.6. The molecule has 1 N–H and O–H groups in total. The van der Waals surface area contributed by atoms with Crippen LogP contribution in [0.5, 0.6) is 5.75 Å². The number of H-pyrrole nitrogens is 1. The molecule has 7 heteroatoms. The minimum atomic E-state index is -0.418. The molecule has 0 spiro atoms. The van der Waals surface area contributed by atoms with Gasteiger partial charge < -0.3 is 14.0 Å². The predicted octanol–water partition coefficient (Wildman–Crippen LogP) is 2.82. The molecule has 0 bridgehead atoms. The Kier molecular flexibility index (Phi) is 4.43. The van der Waals surface area contributed by atoms with E-state index in [0.29, 0.717) is 24.4 Å². The van der Waals surface area contributed by atoms with Crippen molar-refractivity contribution in [1.29, 1.82) is 0 Å². The quantitative estimate of drug-likeness (QED) is 0.714. The van der Waals surface area contributed by atoms with Crippen molar-refractivity contribution in [2.75, 3.05) is 13.2 Å². The van der Waals surface area contributed by atoms with Crippen molar-refractivity contribution in [2.45, 2.75) is 26.3 Å². The van der Waals surface area contributed by atoms with E-state index in [-0.39, 0.29) is 0 Å². The van der Waals surface area contributed by atoms with E-state index in [1.54, 1.807) is 25.6 Å². The molecule has 0 unspecified atom stereocenters. The first kappa shape index (κ1) is 16.4. The van der Waals surface area contributed by atoms with Gasteiger partial charge in [-0.1, -0.05) is 12.1 Å². The second kappa shape index (κ2) is 7.03. The Balaban J connectivity index is 1.62. The fourth-order valence-corrected chi connectivity index (χ4v) is 3.22. The van der Waals surface area contributed by atoms with E-state index >= 15 is 0 Å². The highest BCUT2D eigenvalue weighted by molar-refractivity contribution is 5.94. The molecule has 4 rings (SSSR count). The Morgan fingerprint density at radius 3 is 3.19 bits per heavy atom. The molecule has 3 heterocycles. The number of hydrogen-bond acceptors (Lipinski definition) is 5. The van der Waals surface area contributed by atoms with Crippen LogP contribution in [-0.2, 0) is 17.7 Å². The molecule has 0 saturated carbocycles. The fourth-order valence-electron chi connectivity index (χ4n) is 3.22. The van der Waals surface area contributed by atoms with Crippen molar-refractivity contribution in [3.63, 3.8) is 0 Å². The second-order valence-corrected chi connectivity index (χ2v) is 6.18. The molecule has 7 nitrogen and oxygen atoms in total. The molecule has 0 atom stereocenters. The number of carbonyl (C=O) groups excluding carboxylic acids is 1. The van der Waals surface area contributed by atoms with E-state index in [4.69, 9.17) is 9.47 Å². The number of hydrogen-bond donors (Lipinski definition) is 1. The third-order valence-corrected chi connectivity index (χ3v) is 4.43. The summed E-state index contributed by atoms with van der Waals surface area (Å²) in [6.45, 7) is 3.52. The number of aromatic nitrogens is 4. The van der Waals surface area contributed by atoms with Crippen LogP contribution in [0.1, 0.15) is 35.0 Å². The van der Waals surface area contributed by atoms with Crippen molar-refractivity contribution in [3.05, 3.63) is 53.7 Å². The lowest BCUT2D eigenvalue weighted by molar-refractivity contribution is 0.0520. The topological polar surface area (TPSA) is 82.0 Å². The molecule has 0 aliphatic carbocycles. The highest BCUT2D eigenvalue weighted by atomic mass is 16.5. The highest BCUT2D eigenvalue weighted by Crippen LogP contribution is 2.27. The van der Waals surface area contributed by atoms with Crippen LogP contribution in [0.3, 0.4) is 0 Å². The summed E-state index contributed by atoms with van der Waals surface area (Å²) < 4.78 is 12.8. The van der Waals surface area contributed by atoms with Crippen LogP contribution in [0.25, 0.3) is 11.3 Å². The highest BCUT2D eigenvalue weighted by Gasteiger charge is 2.19. The summed E-state index contributed by atoms with van der Waals surface area (Å²) in [5, 5.41) is 6.73. The number of esters is 1. The average molecular weight is 352 g/mol. The van der Waals surface area contributed by atoms with Gasteiger partial charge in [0.1, 0.15) is 5.75 Å². The second-order valence-electron chi connectivity index (χ2n) is 6.18. The Morgan fingerprint density at radius 1 is 1.38 bits per heavy atom. The zero-order valence-corrected chi connectivity index (χ0v) is 14.6. The van der Waals surface area contributed by atoms with E-state index in [1.165, 1.54) is 5.56 Å². The molecule has 134 valence electrons. The number of benzene rings is 1. The van der Waals surface area contributed by atoms with Gasteiger partial charge in [-0.15, -0.1) is 0 Å². The molecule has 2 aromatic heterocycles. The lowest BCUT2D eigenvalue weighted by atomic mass is 10.0. The maximum Gasteiger partial charge on any atom is 0.357 e. The number of aromatic amines is 1. The number of nitrogens with one attached hydrogen (secondary N) is 1. The largest absolute Gasteiger partial charge is 0.493 e. The van der Waals surface area contributed by atoms with Crippen LogP contribution in [-0.4, -0.2) is 38.9 Å². The molecule has 0 radical (unpaired) electrons. The van der Waals surface area contributed by atoms with E-state index in [0.717, 1.165) is 36.5 Å². The van der Waals surface area contributed by atoms with Crippen LogP contribution in [0.2, 0.25) is 0 Å². The number of carbonyl (C=O) groups is 1. The molecule has 3 aromatic rings. The predicted molar refractivity (Wildman–Crippen MR) is 95.1 cm³/mol. The summed E-state index contributed by atoms with van der Waals surface area (Å²) in [7, 11) is 0. The third-order valence-electron chi connectivity index (χ3n) is 4.43. The number of imidazole rings is 1. The van der Waals surface area contributed by atoms with Crippen molar-refractivity contribution in [3.8, 4) is 17.0 Å². The number of fused-ring (bicyclic) bond motifs is 1. The van der Waals surface area contributed by atoms with Crippen LogP contribution in [0.4, 0.5) is 0 Å². The lowest BCUT2D eigenvalue weighted by Crippen LogP contribution is -2.10. The summed E-state index contributed by atoms with van der Waals surface area (Å²) in [5.74, 6) is 0.559. The number of ether oxygens (including phenoxy) is 2. The summed E-state index contributed by atoms with van der Waals surface area (Å²) in [5.41, 5.74) is 4.24. The van der Waals surface area contributed by atoms with Gasteiger partial charge in [0.05, 0.1) is 43.2 Å². The first-order valence-corrected chi connectivity index (χ1v) is 8.72. The van der Waals surface area contributed by atoms with E-state index < -0.39 is 5.97 Å². The first-order valence-electron chi connectivity index (χ1n) is 8.72. The lowest BCUT2D eigenvalue weighted by Gasteiger charge is -2.18. The summed E-state index contributed by atoms with van der Waals surface area (Å²) >= 11 is 0. The normalized spacial score (nSPS) is 13.1. The van der Waals surface area contributed by atoms with Crippen LogP contribution >= 0.6 is 0 Å². The maximum absolute atomic E-state index is 12.1. The van der Waals surface area contributed by atoms with Gasteiger partial charge in [-0.2, -0.15) is 5.10 Å². The zero-order chi connectivity index (χ0) is 17.9. The summed E-state index contributed by atoms with van der Waals surface area (Å²) in [4.78, 5) is 16.4. The SMILES string of the molecule is CCOC(=O)c1[nH]ncc1-c1cncn1Cc1ccc2c(c1)CCCO2. The van der Waals surface area contributed by atoms with Gasteiger partial charge in [0.25, 0.3) is 0 Å². The van der Waals surface area contributed by atoms with Gasteiger partial charge >= 0.3 is 5.97 Å². The standard InChI is InChI=1S/C19H20N4O3/c1-2-25-19(24)18-15(9-21-22-18)16-10-20-12-23(16)11-13-5-6-17-14(8-13)4-3-7-26-17/h5-6,8-10,12H,2-4,7,11H2,1H3,(H,21,22). The summed E-state index contributed by atoms with van der Waals surface area (Å²) in [6, 6.07) is 6.28. The van der Waals surface area contributed by atoms with Crippen LogP contribution in [0.15, 0.2) is 36.9 Å². The molecule has 0 fully saturated rings. The molecule has 1 aromatic carbocycles. The fraction of sp³-hybridized carbons (Fsp3) is 0.316. The van der Waals surface area contributed by atoms with E-state index in [2.05, 4.69) is 27.3 Å². The molecule has 1 aliphatic rings. The van der Waals surface area contributed by atoms with Gasteiger partial charge in [0, 0.05) is 6.54 Å². The number of nitrogens with zero attached hydrogens (tertiary/aromatic N) is 3. The molecule has 0 amide bonds. The number of rotatable bonds is 5. The molecule has 26 heavy (non-hydrogen) atoms. The smallest absolute Gasteiger partial charge is 0.357 e. The molecule has 1 aliphatic heterocycles. The van der Waals surface area contributed by atoms with Gasteiger partial charge in [-0.25, -0.2) is 9.78 Å². The maximum atomic E-state index is 12.1. The van der Waals surface area contributed by atoms with Crippen molar-refractivity contribution in [1.82, 2.24) is 19.7 Å². The van der Waals surface area contributed by atoms with Gasteiger partial charge in [-0.05, 0) is 37.0 Å². The minimum absolute atomic E-state index is 0.313. The third kappa shape index (κ3) is 3.08. The Bertz CT molecular complexity index is 929. The Labute approximate surface area is 151 Å².